The molecule has 0 spiro atoms. The zero-order chi connectivity index (χ0) is 57.8. The Labute approximate surface area is 502 Å². The van der Waals surface area contributed by atoms with Gasteiger partial charge < -0.3 is 20.3 Å². The van der Waals surface area contributed by atoms with Crippen LogP contribution in [0.4, 0.5) is 0 Å². The van der Waals surface area contributed by atoms with E-state index in [1.54, 1.807) is 0 Å². The van der Waals surface area contributed by atoms with Crippen molar-refractivity contribution in [2.24, 2.45) is 0 Å². The van der Waals surface area contributed by atoms with Gasteiger partial charge in [0.15, 0.2) is 0 Å². The molecule has 0 aromatic carbocycles. The Morgan fingerprint density at radius 3 is 0.762 bits per heavy atom. The van der Waals surface area contributed by atoms with Gasteiger partial charge in [0.1, 0.15) is 0 Å². The van der Waals surface area contributed by atoms with E-state index in [1.807, 2.05) is 0 Å². The molecule has 3 N–H and O–H groups in total. The van der Waals surface area contributed by atoms with Gasteiger partial charge in [-0.2, -0.15) is 0 Å². The highest BCUT2D eigenvalue weighted by Gasteiger charge is 2.20. The lowest BCUT2D eigenvalue weighted by Crippen LogP contribution is -2.45. The molecule has 1 amide bonds. The van der Waals surface area contributed by atoms with Crippen molar-refractivity contribution in [2.45, 2.75) is 450 Å². The highest BCUT2D eigenvalue weighted by Crippen LogP contribution is 2.20. The minimum atomic E-state index is -0.664. The highest BCUT2D eigenvalue weighted by molar-refractivity contribution is 5.76. The Bertz CT molecular complexity index is 1160. The third-order valence-corrected chi connectivity index (χ3v) is 17.9. The number of unbranched alkanes of at least 4 members (excludes halogenated alkanes) is 60. The normalized spacial score (nSPS) is 12.4. The quantitative estimate of drug-likeness (QED) is 0.0417. The number of aliphatic hydroxyl groups is 2. The first kappa shape index (κ1) is 78.9. The molecule has 0 aliphatic rings. The molecule has 80 heavy (non-hydrogen) atoms. The Balaban J connectivity index is 3.35. The minimum absolute atomic E-state index is 0.0194. The summed E-state index contributed by atoms with van der Waals surface area (Å²) in [5, 5.41) is 23.5. The summed E-state index contributed by atoms with van der Waals surface area (Å²) < 4.78 is 5.50. The number of rotatable bonds is 71. The molecule has 0 aromatic rings. The molecular formula is C74H147NO5. The number of ether oxygens (including phenoxy) is 1. The van der Waals surface area contributed by atoms with Crippen molar-refractivity contribution in [1.82, 2.24) is 5.32 Å². The number of aliphatic hydroxyl groups excluding tert-OH is 2. The average molecular weight is 1130 g/mol. The maximum atomic E-state index is 12.6. The van der Waals surface area contributed by atoms with Gasteiger partial charge in [-0.25, -0.2) is 0 Å². The third kappa shape index (κ3) is 66.0. The topological polar surface area (TPSA) is 95.9 Å². The van der Waals surface area contributed by atoms with Crippen LogP contribution in [0.2, 0.25) is 0 Å². The minimum Gasteiger partial charge on any atom is -0.466 e. The number of nitrogens with one attached hydrogen (secondary N) is 1. The van der Waals surface area contributed by atoms with Gasteiger partial charge in [0.25, 0.3) is 0 Å². The molecule has 0 bridgehead atoms. The van der Waals surface area contributed by atoms with Gasteiger partial charge in [-0.3, -0.25) is 9.59 Å². The van der Waals surface area contributed by atoms with Gasteiger partial charge in [-0.05, 0) is 25.7 Å². The lowest BCUT2D eigenvalue weighted by Gasteiger charge is -2.22. The standard InChI is InChI=1S/C74H147NO5/c1-3-5-7-9-11-13-15-17-19-20-21-22-23-24-27-30-33-36-39-42-46-50-54-58-62-66-72(77)71(70-76)75-73(78)67-63-59-55-51-47-43-40-37-34-31-28-25-26-29-32-35-38-41-45-49-53-57-61-65-69-80-74(79)68-64-60-56-52-48-44-18-16-14-12-10-8-6-4-2/h71-72,76-77H,3-70H2,1-2H3,(H,75,78). The predicted octanol–water partition coefficient (Wildman–Crippen LogP) is 24.2. The molecule has 0 rings (SSSR count). The van der Waals surface area contributed by atoms with Crippen LogP contribution in [0.5, 0.6) is 0 Å². The molecule has 0 radical (unpaired) electrons. The second-order valence-electron chi connectivity index (χ2n) is 26.0. The van der Waals surface area contributed by atoms with Crippen molar-refractivity contribution in [3.8, 4) is 0 Å². The smallest absolute Gasteiger partial charge is 0.305 e. The fraction of sp³-hybridized carbons (Fsp3) is 0.973. The van der Waals surface area contributed by atoms with E-state index in [-0.39, 0.29) is 18.5 Å². The van der Waals surface area contributed by atoms with Crippen LogP contribution >= 0.6 is 0 Å². The number of carbonyl (C=O) groups excluding carboxylic acids is 2. The van der Waals surface area contributed by atoms with Crippen LogP contribution in [-0.2, 0) is 14.3 Å². The van der Waals surface area contributed by atoms with E-state index in [9.17, 15) is 19.8 Å². The van der Waals surface area contributed by atoms with Crippen molar-refractivity contribution < 1.29 is 24.5 Å². The maximum absolute atomic E-state index is 12.6. The Morgan fingerprint density at radius 2 is 0.512 bits per heavy atom. The number of hydrogen-bond acceptors (Lipinski definition) is 5. The van der Waals surface area contributed by atoms with Crippen LogP contribution in [0.1, 0.15) is 438 Å². The second-order valence-corrected chi connectivity index (χ2v) is 26.0. The molecule has 2 unspecified atom stereocenters. The van der Waals surface area contributed by atoms with Gasteiger partial charge in [0.2, 0.25) is 5.91 Å². The molecule has 2 atom stereocenters. The molecule has 0 saturated carbocycles. The Morgan fingerprint density at radius 1 is 0.300 bits per heavy atom. The van der Waals surface area contributed by atoms with Crippen LogP contribution in [-0.4, -0.2) is 47.4 Å². The average Bonchev–Trinajstić information content (AvgIpc) is 3.46. The molecular weight excluding hydrogens is 983 g/mol. The lowest BCUT2D eigenvalue weighted by atomic mass is 10.0. The van der Waals surface area contributed by atoms with Gasteiger partial charge in [0, 0.05) is 12.8 Å². The van der Waals surface area contributed by atoms with Crippen molar-refractivity contribution in [2.75, 3.05) is 13.2 Å². The lowest BCUT2D eigenvalue weighted by molar-refractivity contribution is -0.143. The zero-order valence-electron chi connectivity index (χ0n) is 54.9. The molecule has 0 aliphatic heterocycles. The molecule has 0 fully saturated rings. The highest BCUT2D eigenvalue weighted by atomic mass is 16.5. The molecule has 0 heterocycles. The Hall–Kier alpha value is -1.14. The zero-order valence-corrected chi connectivity index (χ0v) is 54.9. The van der Waals surface area contributed by atoms with E-state index < -0.39 is 12.1 Å². The van der Waals surface area contributed by atoms with Gasteiger partial charge in [-0.1, -0.05) is 399 Å². The maximum Gasteiger partial charge on any atom is 0.305 e. The first-order valence-corrected chi connectivity index (χ1v) is 37.3. The summed E-state index contributed by atoms with van der Waals surface area (Å²) in [5.41, 5.74) is 0. The van der Waals surface area contributed by atoms with Crippen molar-refractivity contribution >= 4 is 11.9 Å². The van der Waals surface area contributed by atoms with E-state index in [2.05, 4.69) is 19.2 Å². The summed E-state index contributed by atoms with van der Waals surface area (Å²) in [6, 6.07) is -0.541. The van der Waals surface area contributed by atoms with Gasteiger partial charge in [0.05, 0.1) is 25.4 Å². The van der Waals surface area contributed by atoms with Crippen molar-refractivity contribution in [3.63, 3.8) is 0 Å². The van der Waals surface area contributed by atoms with Gasteiger partial charge >= 0.3 is 5.97 Å². The monoisotopic (exact) mass is 1130 g/mol. The van der Waals surface area contributed by atoms with E-state index >= 15 is 0 Å². The fourth-order valence-electron chi connectivity index (χ4n) is 12.2. The summed E-state index contributed by atoms with van der Waals surface area (Å²) in [5.74, 6) is -0.00798. The van der Waals surface area contributed by atoms with Crippen LogP contribution in [0.15, 0.2) is 0 Å². The van der Waals surface area contributed by atoms with Gasteiger partial charge in [-0.15, -0.1) is 0 Å². The molecule has 6 nitrogen and oxygen atoms in total. The molecule has 6 heteroatoms. The number of carbonyl (C=O) groups is 2. The number of hydrogen-bond donors (Lipinski definition) is 3. The summed E-state index contributed by atoms with van der Waals surface area (Å²) in [7, 11) is 0. The number of esters is 1. The third-order valence-electron chi connectivity index (χ3n) is 17.9. The van der Waals surface area contributed by atoms with Crippen LogP contribution in [0.3, 0.4) is 0 Å². The largest absolute Gasteiger partial charge is 0.466 e. The first-order chi connectivity index (χ1) is 39.5. The van der Waals surface area contributed by atoms with Crippen LogP contribution in [0, 0.1) is 0 Å². The molecule has 478 valence electrons. The van der Waals surface area contributed by atoms with E-state index in [4.69, 9.17) is 4.74 Å². The predicted molar refractivity (Wildman–Crippen MR) is 352 cm³/mol. The van der Waals surface area contributed by atoms with E-state index in [0.29, 0.717) is 25.9 Å². The molecule has 0 aromatic heterocycles. The number of amides is 1. The summed E-state index contributed by atoms with van der Waals surface area (Å²) in [4.78, 5) is 24.6. The molecule has 0 aliphatic carbocycles. The summed E-state index contributed by atoms with van der Waals surface area (Å²) in [6.07, 6.45) is 85.9. The van der Waals surface area contributed by atoms with Crippen molar-refractivity contribution in [3.05, 3.63) is 0 Å². The van der Waals surface area contributed by atoms with E-state index in [1.165, 1.54) is 366 Å². The van der Waals surface area contributed by atoms with Crippen LogP contribution in [0.25, 0.3) is 0 Å². The van der Waals surface area contributed by atoms with Crippen molar-refractivity contribution in [1.29, 1.82) is 0 Å². The van der Waals surface area contributed by atoms with E-state index in [0.717, 1.165) is 38.5 Å². The SMILES string of the molecule is CCCCCCCCCCCCCCCCCCCCCCCCCCCC(O)C(CO)NC(=O)CCCCCCCCCCCCCCCCCCCCCCCCCCOC(=O)CCCCCCCCCCCCCCCC. The second kappa shape index (κ2) is 70.3. The molecule has 0 saturated heterocycles. The summed E-state index contributed by atoms with van der Waals surface area (Å²) >= 11 is 0. The fourth-order valence-corrected chi connectivity index (χ4v) is 12.2. The Kier molecular flexibility index (Phi) is 69.3. The summed E-state index contributed by atoms with van der Waals surface area (Å²) in [6.45, 7) is 5.01. The first-order valence-electron chi connectivity index (χ1n) is 37.3. The van der Waals surface area contributed by atoms with Crippen LogP contribution < -0.4 is 5.32 Å².